The van der Waals surface area contributed by atoms with Gasteiger partial charge in [0, 0.05) is 24.8 Å². The Kier molecular flexibility index (Phi) is 4.12. The summed E-state index contributed by atoms with van der Waals surface area (Å²) in [6.07, 6.45) is 6.58. The van der Waals surface area contributed by atoms with Gasteiger partial charge in [-0.05, 0) is 30.0 Å². The number of H-pyrrole nitrogens is 1. The smallest absolute Gasteiger partial charge is 0.275 e. The number of fused-ring (bicyclic) bond motifs is 1. The van der Waals surface area contributed by atoms with Crippen LogP contribution in [0.2, 0.25) is 0 Å². The van der Waals surface area contributed by atoms with E-state index in [0.717, 1.165) is 23.8 Å². The molecule has 0 fully saturated rings. The van der Waals surface area contributed by atoms with Crippen molar-refractivity contribution in [1.82, 2.24) is 19.3 Å². The molecule has 136 valence electrons. The number of rotatable bonds is 5. The number of benzene rings is 1. The first-order valence-electron chi connectivity index (χ1n) is 8.63. The molecule has 27 heavy (non-hydrogen) atoms. The molecule has 1 aromatic carbocycles. The first-order valence-corrected chi connectivity index (χ1v) is 8.63. The number of nitrogens with two attached hydrogens (primary N) is 1. The first-order chi connectivity index (χ1) is 13.1. The minimum absolute atomic E-state index is 0.192. The Bertz CT molecular complexity index is 1170. The Morgan fingerprint density at radius 2 is 2.00 bits per heavy atom. The van der Waals surface area contributed by atoms with Crippen molar-refractivity contribution in [3.63, 3.8) is 0 Å². The molecule has 7 nitrogen and oxygen atoms in total. The normalized spacial score (nSPS) is 11.1. The van der Waals surface area contributed by atoms with Gasteiger partial charge in [0.15, 0.2) is 0 Å². The Hall–Kier alpha value is -3.61. The molecular formula is C20H19N5O2. The van der Waals surface area contributed by atoms with E-state index < -0.39 is 5.91 Å². The minimum Gasteiger partial charge on any atom is -0.364 e. The molecule has 0 radical (unpaired) electrons. The lowest BCUT2D eigenvalue weighted by Crippen LogP contribution is -2.21. The van der Waals surface area contributed by atoms with Crippen molar-refractivity contribution < 1.29 is 4.79 Å². The van der Waals surface area contributed by atoms with Gasteiger partial charge in [-0.3, -0.25) is 19.3 Å². The van der Waals surface area contributed by atoms with E-state index in [-0.39, 0.29) is 11.3 Å². The number of hydrogen-bond acceptors (Lipinski definition) is 3. The Labute approximate surface area is 155 Å². The fourth-order valence-electron chi connectivity index (χ4n) is 3.43. The fourth-order valence-corrected chi connectivity index (χ4v) is 3.43. The second kappa shape index (κ2) is 6.60. The number of carbonyl (C=O) groups is 1. The highest BCUT2D eigenvalue weighted by molar-refractivity contribution is 5.99. The number of aryl methyl sites for hydroxylation is 3. The summed E-state index contributed by atoms with van der Waals surface area (Å²) < 4.78 is 3.12. The van der Waals surface area contributed by atoms with E-state index >= 15 is 0 Å². The number of aromatic amines is 1. The van der Waals surface area contributed by atoms with Crippen LogP contribution in [0.5, 0.6) is 0 Å². The first kappa shape index (κ1) is 16.8. The molecule has 0 aliphatic rings. The largest absolute Gasteiger partial charge is 0.364 e. The molecule has 7 heteroatoms. The van der Waals surface area contributed by atoms with Crippen molar-refractivity contribution in [1.29, 1.82) is 0 Å². The number of nitrogens with zero attached hydrogens (tertiary/aromatic N) is 3. The van der Waals surface area contributed by atoms with Crippen molar-refractivity contribution in [2.75, 3.05) is 0 Å². The van der Waals surface area contributed by atoms with Crippen molar-refractivity contribution in [2.45, 2.75) is 12.8 Å². The maximum Gasteiger partial charge on any atom is 0.275 e. The van der Waals surface area contributed by atoms with Crippen LogP contribution in [0.3, 0.4) is 0 Å². The number of amides is 1. The van der Waals surface area contributed by atoms with Crippen molar-refractivity contribution in [3.05, 3.63) is 82.2 Å². The number of hydrogen-bond donors (Lipinski definition) is 2. The molecule has 0 spiro atoms. The lowest BCUT2D eigenvalue weighted by Gasteiger charge is -2.09. The van der Waals surface area contributed by atoms with Crippen LogP contribution in [0.15, 0.2) is 59.8 Å². The number of primary amides is 1. The third kappa shape index (κ3) is 2.93. The lowest BCUT2D eigenvalue weighted by molar-refractivity contribution is 0.0994. The van der Waals surface area contributed by atoms with E-state index in [1.165, 1.54) is 5.56 Å². The molecule has 3 N–H and O–H groups in total. The van der Waals surface area contributed by atoms with Crippen LogP contribution in [0.4, 0.5) is 0 Å². The van der Waals surface area contributed by atoms with Crippen LogP contribution in [-0.4, -0.2) is 25.2 Å². The highest BCUT2D eigenvalue weighted by Crippen LogP contribution is 2.25. The molecule has 4 rings (SSSR count). The van der Waals surface area contributed by atoms with Gasteiger partial charge in [0.05, 0.1) is 11.9 Å². The molecule has 0 atom stereocenters. The summed E-state index contributed by atoms with van der Waals surface area (Å²) in [7, 11) is 1.71. The summed E-state index contributed by atoms with van der Waals surface area (Å²) in [6, 6.07) is 11.8. The highest BCUT2D eigenvalue weighted by Gasteiger charge is 2.20. The van der Waals surface area contributed by atoms with Crippen LogP contribution in [0, 0.1) is 0 Å². The summed E-state index contributed by atoms with van der Waals surface area (Å²) in [6.45, 7) is 0. The van der Waals surface area contributed by atoms with E-state index in [1.54, 1.807) is 34.6 Å². The zero-order chi connectivity index (χ0) is 19.0. The topological polar surface area (TPSA) is 98.7 Å². The molecule has 0 aliphatic heterocycles. The fraction of sp³-hybridized carbons (Fsp3) is 0.150. The number of nitrogens with one attached hydrogen (secondary N) is 1. The number of aromatic nitrogens is 4. The number of pyridine rings is 1. The van der Waals surface area contributed by atoms with Crippen molar-refractivity contribution >= 4 is 16.8 Å². The molecule has 0 saturated carbocycles. The van der Waals surface area contributed by atoms with E-state index in [0.29, 0.717) is 11.2 Å². The molecule has 0 saturated heterocycles. The third-order valence-corrected chi connectivity index (χ3v) is 4.74. The molecule has 3 heterocycles. The van der Waals surface area contributed by atoms with Crippen LogP contribution in [0.1, 0.15) is 21.6 Å². The van der Waals surface area contributed by atoms with E-state index in [1.807, 2.05) is 24.4 Å². The van der Waals surface area contributed by atoms with Crippen LogP contribution >= 0.6 is 0 Å². The average molecular weight is 361 g/mol. The molecule has 0 aliphatic carbocycles. The molecule has 0 unspecified atom stereocenters. The quantitative estimate of drug-likeness (QED) is 0.568. The molecular weight excluding hydrogens is 342 g/mol. The Morgan fingerprint density at radius 1 is 1.22 bits per heavy atom. The highest BCUT2D eigenvalue weighted by atomic mass is 16.1. The van der Waals surface area contributed by atoms with E-state index in [4.69, 9.17) is 5.73 Å². The monoisotopic (exact) mass is 361 g/mol. The lowest BCUT2D eigenvalue weighted by atomic mass is 10.0. The zero-order valence-corrected chi connectivity index (χ0v) is 14.8. The van der Waals surface area contributed by atoms with E-state index in [2.05, 4.69) is 22.3 Å². The van der Waals surface area contributed by atoms with Gasteiger partial charge in [0.25, 0.3) is 11.5 Å². The van der Waals surface area contributed by atoms with Crippen LogP contribution in [0.25, 0.3) is 16.6 Å². The second-order valence-corrected chi connectivity index (χ2v) is 6.50. The SMILES string of the molecule is Cn1cc(CCc2ccccc2)c2cc(C(N)=O)n(-c3cn[nH]c3)c2c1=O. The summed E-state index contributed by atoms with van der Waals surface area (Å²) in [5.74, 6) is -0.594. The summed E-state index contributed by atoms with van der Waals surface area (Å²) in [5.41, 5.74) is 8.88. The molecule has 4 aromatic rings. The van der Waals surface area contributed by atoms with Gasteiger partial charge in [-0.2, -0.15) is 5.10 Å². The zero-order valence-electron chi connectivity index (χ0n) is 14.8. The minimum atomic E-state index is -0.594. The van der Waals surface area contributed by atoms with Crippen molar-refractivity contribution in [2.24, 2.45) is 12.8 Å². The maximum absolute atomic E-state index is 12.9. The Balaban J connectivity index is 1.91. The maximum atomic E-state index is 12.9. The summed E-state index contributed by atoms with van der Waals surface area (Å²) in [5, 5.41) is 7.38. The summed E-state index contributed by atoms with van der Waals surface area (Å²) in [4.78, 5) is 24.9. The number of carbonyl (C=O) groups excluding carboxylic acids is 1. The van der Waals surface area contributed by atoms with Crippen LogP contribution < -0.4 is 11.3 Å². The average Bonchev–Trinajstić information content (AvgIpc) is 3.31. The predicted octanol–water partition coefficient (Wildman–Crippen LogP) is 1.94. The van der Waals surface area contributed by atoms with Gasteiger partial charge in [-0.25, -0.2) is 0 Å². The van der Waals surface area contributed by atoms with Crippen LogP contribution in [-0.2, 0) is 19.9 Å². The van der Waals surface area contributed by atoms with Gasteiger partial charge >= 0.3 is 0 Å². The Morgan fingerprint density at radius 3 is 2.67 bits per heavy atom. The van der Waals surface area contributed by atoms with Gasteiger partial charge in [-0.15, -0.1) is 0 Å². The van der Waals surface area contributed by atoms with Gasteiger partial charge in [0.1, 0.15) is 11.2 Å². The predicted molar refractivity (Wildman–Crippen MR) is 103 cm³/mol. The second-order valence-electron chi connectivity index (χ2n) is 6.50. The molecule has 3 aromatic heterocycles. The van der Waals surface area contributed by atoms with Crippen molar-refractivity contribution in [3.8, 4) is 5.69 Å². The third-order valence-electron chi connectivity index (χ3n) is 4.74. The van der Waals surface area contributed by atoms with E-state index in [9.17, 15) is 9.59 Å². The van der Waals surface area contributed by atoms with Gasteiger partial charge in [-0.1, -0.05) is 30.3 Å². The standard InChI is InChI=1S/C20H19N5O2/c1-24-12-14(8-7-13-5-3-2-4-6-13)16-9-17(19(21)26)25(18(16)20(24)27)15-10-22-23-11-15/h2-6,9-12H,7-8H2,1H3,(H2,21,26)(H,22,23). The van der Waals surface area contributed by atoms with Gasteiger partial charge in [0.2, 0.25) is 0 Å². The molecule has 1 amide bonds. The summed E-state index contributed by atoms with van der Waals surface area (Å²) >= 11 is 0. The van der Waals surface area contributed by atoms with Gasteiger partial charge < -0.3 is 10.3 Å². The molecule has 0 bridgehead atoms.